The lowest BCUT2D eigenvalue weighted by Crippen LogP contribution is -2.37. The van der Waals surface area contributed by atoms with Gasteiger partial charge in [-0.1, -0.05) is 11.6 Å². The van der Waals surface area contributed by atoms with Gasteiger partial charge in [-0.25, -0.2) is 9.37 Å². The minimum Gasteiger partial charge on any atom is -0.425 e. The molecule has 4 rings (SSSR count). The van der Waals surface area contributed by atoms with E-state index < -0.39 is 17.9 Å². The van der Waals surface area contributed by atoms with E-state index in [0.717, 1.165) is 11.3 Å². The highest BCUT2D eigenvalue weighted by Gasteiger charge is 2.38. The third-order valence-corrected chi connectivity index (χ3v) is 6.40. The smallest absolute Gasteiger partial charge is 0.425 e. The van der Waals surface area contributed by atoms with Crippen LogP contribution in [0.4, 0.5) is 17.6 Å². The molecule has 0 unspecified atom stereocenters. The Kier molecular flexibility index (Phi) is 5.95. The van der Waals surface area contributed by atoms with Crippen LogP contribution in [0.15, 0.2) is 28.7 Å². The van der Waals surface area contributed by atoms with Gasteiger partial charge in [0.05, 0.1) is 21.0 Å². The summed E-state index contributed by atoms with van der Waals surface area (Å²) in [5, 5.41) is 9.83. The molecule has 0 atom stereocenters. The largest absolute Gasteiger partial charge is 0.471 e. The highest BCUT2D eigenvalue weighted by Crippen LogP contribution is 2.37. The van der Waals surface area contributed by atoms with E-state index in [4.69, 9.17) is 16.0 Å². The molecule has 1 amide bonds. The number of amides is 1. The highest BCUT2D eigenvalue weighted by atomic mass is 35.5. The number of benzene rings is 1. The summed E-state index contributed by atoms with van der Waals surface area (Å²) < 4.78 is 57.8. The Bertz CT molecular complexity index is 1250. The predicted octanol–water partition coefficient (Wildman–Crippen LogP) is 5.01. The zero-order valence-corrected chi connectivity index (χ0v) is 17.7. The molecule has 0 saturated heterocycles. The molecule has 0 saturated carbocycles. The maximum Gasteiger partial charge on any atom is 0.471 e. The highest BCUT2D eigenvalue weighted by molar-refractivity contribution is 7.20. The van der Waals surface area contributed by atoms with Gasteiger partial charge in [-0.15, -0.1) is 32.9 Å². The van der Waals surface area contributed by atoms with Gasteiger partial charge in [0.1, 0.15) is 5.01 Å². The molecule has 0 aliphatic carbocycles. The van der Waals surface area contributed by atoms with Crippen LogP contribution in [0, 0.1) is 5.82 Å². The van der Waals surface area contributed by atoms with Crippen LogP contribution < -0.4 is 5.32 Å². The number of hydrogen-bond acceptors (Lipinski definition) is 7. The van der Waals surface area contributed by atoms with Crippen molar-refractivity contribution in [1.29, 1.82) is 0 Å². The van der Waals surface area contributed by atoms with Gasteiger partial charge in [-0.3, -0.25) is 4.79 Å². The average molecular weight is 491 g/mol. The normalized spacial score (nSPS) is 11.9. The zero-order valence-electron chi connectivity index (χ0n) is 15.3. The van der Waals surface area contributed by atoms with E-state index in [1.165, 1.54) is 11.3 Å². The van der Waals surface area contributed by atoms with Gasteiger partial charge in [-0.05, 0) is 24.3 Å². The van der Waals surface area contributed by atoms with Gasteiger partial charge < -0.3 is 9.73 Å². The molecule has 1 aromatic carbocycles. The summed E-state index contributed by atoms with van der Waals surface area (Å²) in [5.41, 5.74) is 0.916. The van der Waals surface area contributed by atoms with Gasteiger partial charge in [0.15, 0.2) is 5.82 Å². The topological polar surface area (TPSA) is 80.9 Å². The molecule has 0 bridgehead atoms. The lowest BCUT2D eigenvalue weighted by atomic mass is 10.1. The average Bonchev–Trinajstić information content (AvgIpc) is 3.42. The first kappa shape index (κ1) is 21.7. The number of rotatable bonds is 6. The van der Waals surface area contributed by atoms with Gasteiger partial charge >= 0.3 is 12.1 Å². The number of halogens is 5. The van der Waals surface area contributed by atoms with Gasteiger partial charge in [0.25, 0.3) is 0 Å². The molecule has 0 spiro atoms. The van der Waals surface area contributed by atoms with E-state index >= 15 is 0 Å². The number of carbonyl (C=O) groups is 1. The molecular formula is C18H11ClF4N4O2S2. The Hall–Kier alpha value is -2.57. The number of hydrogen-bond donors (Lipinski definition) is 1. The minimum atomic E-state index is -4.95. The Morgan fingerprint density at radius 1 is 1.13 bits per heavy atom. The Labute approximate surface area is 184 Å². The van der Waals surface area contributed by atoms with Crippen LogP contribution >= 0.6 is 34.3 Å². The van der Waals surface area contributed by atoms with E-state index in [2.05, 4.69) is 15.2 Å². The van der Waals surface area contributed by atoms with Crippen molar-refractivity contribution in [3.8, 4) is 10.4 Å². The van der Waals surface area contributed by atoms with Crippen molar-refractivity contribution in [3.05, 3.63) is 51.2 Å². The third kappa shape index (κ3) is 4.86. The van der Waals surface area contributed by atoms with Crippen molar-refractivity contribution in [3.63, 3.8) is 0 Å². The Morgan fingerprint density at radius 3 is 2.61 bits per heavy atom. The predicted molar refractivity (Wildman–Crippen MR) is 108 cm³/mol. The molecular weight excluding hydrogens is 480 g/mol. The number of aromatic nitrogens is 3. The summed E-state index contributed by atoms with van der Waals surface area (Å²) in [5.74, 6) is -2.18. The first-order valence-electron chi connectivity index (χ1n) is 8.70. The molecule has 13 heteroatoms. The fourth-order valence-corrected chi connectivity index (χ4v) is 4.76. The number of carbonyl (C=O) groups excluding carboxylic acids is 1. The van der Waals surface area contributed by atoms with Crippen molar-refractivity contribution in [2.45, 2.75) is 19.0 Å². The summed E-state index contributed by atoms with van der Waals surface area (Å²) in [6, 6.07) is 6.80. The second kappa shape index (κ2) is 8.52. The van der Waals surface area contributed by atoms with Crippen molar-refractivity contribution in [2.75, 3.05) is 6.54 Å². The molecule has 0 radical (unpaired) electrons. The van der Waals surface area contributed by atoms with Gasteiger partial charge in [-0.2, -0.15) is 13.2 Å². The number of thiazole rings is 1. The van der Waals surface area contributed by atoms with E-state index in [9.17, 15) is 22.4 Å². The summed E-state index contributed by atoms with van der Waals surface area (Å²) in [4.78, 5) is 15.9. The van der Waals surface area contributed by atoms with Gasteiger partial charge in [0, 0.05) is 23.4 Å². The van der Waals surface area contributed by atoms with Gasteiger partial charge in [0.2, 0.25) is 11.8 Å². The van der Waals surface area contributed by atoms with Crippen LogP contribution in [0.2, 0.25) is 4.34 Å². The fourth-order valence-electron chi connectivity index (χ4n) is 2.70. The van der Waals surface area contributed by atoms with E-state index in [1.807, 2.05) is 0 Å². The van der Waals surface area contributed by atoms with Crippen molar-refractivity contribution in [2.24, 2.45) is 0 Å². The molecule has 0 fully saturated rings. The van der Waals surface area contributed by atoms with Crippen LogP contribution in [-0.2, 0) is 17.6 Å². The maximum absolute atomic E-state index is 15.0. The Morgan fingerprint density at radius 2 is 1.90 bits per heavy atom. The number of fused-ring (bicyclic) bond motifs is 1. The van der Waals surface area contributed by atoms with E-state index in [0.29, 0.717) is 30.0 Å². The molecule has 1 N–H and O–H groups in total. The summed E-state index contributed by atoms with van der Waals surface area (Å²) in [7, 11) is 0. The van der Waals surface area contributed by atoms with Crippen LogP contribution in [0.1, 0.15) is 16.8 Å². The number of nitrogens with zero attached hydrogens (tertiary/aromatic N) is 3. The molecule has 3 heterocycles. The van der Waals surface area contributed by atoms with Crippen LogP contribution in [0.3, 0.4) is 0 Å². The summed E-state index contributed by atoms with van der Waals surface area (Å²) >= 11 is 8.35. The quantitative estimate of drug-likeness (QED) is 0.384. The molecule has 6 nitrogen and oxygen atoms in total. The fraction of sp³-hybridized carbons (Fsp3) is 0.222. The molecule has 0 aliphatic heterocycles. The van der Waals surface area contributed by atoms with Crippen molar-refractivity contribution in [1.82, 2.24) is 20.5 Å². The number of nitrogens with one attached hydrogen (secondary N) is 1. The van der Waals surface area contributed by atoms with Crippen LogP contribution in [-0.4, -0.2) is 33.8 Å². The summed E-state index contributed by atoms with van der Waals surface area (Å²) in [6.07, 6.45) is -4.87. The van der Waals surface area contributed by atoms with Crippen LogP contribution in [0.5, 0.6) is 0 Å². The van der Waals surface area contributed by atoms with Crippen molar-refractivity contribution < 1.29 is 26.8 Å². The maximum atomic E-state index is 15.0. The zero-order chi connectivity index (χ0) is 22.2. The first-order valence-corrected chi connectivity index (χ1v) is 10.7. The SMILES string of the molecule is O=C(NCCc1nnc(Cc2nc3ccc(-c4ccc(Cl)s4)c(F)c3s2)o1)C(F)(F)F. The molecule has 0 aliphatic rings. The number of alkyl halides is 3. The van der Waals surface area contributed by atoms with Crippen molar-refractivity contribution >= 4 is 50.4 Å². The van der Waals surface area contributed by atoms with E-state index in [-0.39, 0.29) is 31.2 Å². The second-order valence-corrected chi connectivity index (χ2v) is 9.06. The molecule has 3 aromatic heterocycles. The monoisotopic (exact) mass is 490 g/mol. The Balaban J connectivity index is 1.45. The molecule has 31 heavy (non-hydrogen) atoms. The minimum absolute atomic E-state index is 0.0595. The molecule has 162 valence electrons. The lowest BCUT2D eigenvalue weighted by molar-refractivity contribution is -0.173. The molecule has 4 aromatic rings. The van der Waals surface area contributed by atoms with E-state index in [1.54, 1.807) is 29.6 Å². The lowest BCUT2D eigenvalue weighted by Gasteiger charge is -2.05. The number of thiophene rings is 1. The third-order valence-electron chi connectivity index (χ3n) is 4.07. The first-order chi connectivity index (χ1) is 14.7. The second-order valence-electron chi connectivity index (χ2n) is 6.26. The standard InChI is InChI=1S/C18H11ClF4N4O2S2/c19-11-4-3-10(30-11)8-1-2-9-16(15(8)20)31-14(25-9)7-13-27-26-12(29-13)5-6-24-17(28)18(21,22)23/h1-4H,5-7H2,(H,24,28). The summed E-state index contributed by atoms with van der Waals surface area (Å²) in [6.45, 7) is -0.304. The van der Waals surface area contributed by atoms with Crippen LogP contribution in [0.25, 0.3) is 20.7 Å².